The van der Waals surface area contributed by atoms with Gasteiger partial charge in [0.05, 0.1) is 0 Å². The molecule has 2 atom stereocenters. The number of nitrogens with zero attached hydrogens (tertiary/aromatic N) is 3. The van der Waals surface area contributed by atoms with Crippen molar-refractivity contribution in [2.75, 3.05) is 13.1 Å². The Balaban J connectivity index is 1.64. The standard InChI is InChI=1S/C16H23N3OS/c1-12-5-6-14(21-12)11-19-8-3-4-13(10-19)15(20)16-17-7-9-18(16)2/h5-7,9,13,15,20H,3-4,8,10-11H2,1-2H3/t13-,15+/m1/s1. The number of piperidine rings is 1. The van der Waals surface area contributed by atoms with Gasteiger partial charge in [-0.15, -0.1) is 11.3 Å². The molecule has 0 unspecified atom stereocenters. The minimum Gasteiger partial charge on any atom is -0.385 e. The number of thiophene rings is 1. The lowest BCUT2D eigenvalue weighted by Crippen LogP contribution is -2.37. The van der Waals surface area contributed by atoms with Gasteiger partial charge in [0.25, 0.3) is 0 Å². The molecule has 0 spiro atoms. The minimum absolute atomic E-state index is 0.279. The molecule has 3 heterocycles. The molecular weight excluding hydrogens is 282 g/mol. The molecule has 3 rings (SSSR count). The van der Waals surface area contributed by atoms with Crippen molar-refractivity contribution in [2.45, 2.75) is 32.4 Å². The van der Waals surface area contributed by atoms with Crippen LogP contribution in [0.4, 0.5) is 0 Å². The Morgan fingerprint density at radius 3 is 3.00 bits per heavy atom. The number of hydrogen-bond acceptors (Lipinski definition) is 4. The number of aliphatic hydroxyl groups is 1. The van der Waals surface area contributed by atoms with Gasteiger partial charge in [-0.25, -0.2) is 4.98 Å². The smallest absolute Gasteiger partial charge is 0.137 e. The van der Waals surface area contributed by atoms with Gasteiger partial charge in [-0.3, -0.25) is 4.90 Å². The normalized spacial score (nSPS) is 21.6. The average Bonchev–Trinajstić information content (AvgIpc) is 3.07. The molecule has 0 bridgehead atoms. The summed E-state index contributed by atoms with van der Waals surface area (Å²) in [6.45, 7) is 5.23. The first-order chi connectivity index (χ1) is 10.1. The molecule has 114 valence electrons. The highest BCUT2D eigenvalue weighted by atomic mass is 32.1. The Bertz CT molecular complexity index is 592. The maximum atomic E-state index is 10.6. The Hall–Kier alpha value is -1.17. The molecule has 21 heavy (non-hydrogen) atoms. The fourth-order valence-electron chi connectivity index (χ4n) is 3.16. The van der Waals surface area contributed by atoms with E-state index in [4.69, 9.17) is 0 Å². The van der Waals surface area contributed by atoms with Crippen LogP contribution in [0.15, 0.2) is 24.5 Å². The first-order valence-electron chi connectivity index (χ1n) is 7.56. The van der Waals surface area contributed by atoms with E-state index in [1.165, 1.54) is 9.75 Å². The van der Waals surface area contributed by atoms with Crippen LogP contribution in [-0.2, 0) is 13.6 Å². The summed E-state index contributed by atoms with van der Waals surface area (Å²) < 4.78 is 1.92. The Labute approximate surface area is 130 Å². The zero-order valence-electron chi connectivity index (χ0n) is 12.7. The van der Waals surface area contributed by atoms with E-state index in [1.54, 1.807) is 6.20 Å². The number of rotatable bonds is 4. The summed E-state index contributed by atoms with van der Waals surface area (Å²) in [5, 5.41) is 10.6. The largest absolute Gasteiger partial charge is 0.385 e. The minimum atomic E-state index is -0.460. The molecule has 1 aliphatic heterocycles. The average molecular weight is 305 g/mol. The lowest BCUT2D eigenvalue weighted by Gasteiger charge is -2.34. The molecule has 4 nitrogen and oxygen atoms in total. The lowest BCUT2D eigenvalue weighted by molar-refractivity contribution is 0.0408. The second-order valence-corrected chi connectivity index (χ2v) is 7.36. The topological polar surface area (TPSA) is 41.3 Å². The molecule has 0 radical (unpaired) electrons. The molecule has 0 amide bonds. The van der Waals surface area contributed by atoms with Crippen molar-refractivity contribution >= 4 is 11.3 Å². The van der Waals surface area contributed by atoms with Crippen molar-refractivity contribution in [3.8, 4) is 0 Å². The van der Waals surface area contributed by atoms with Crippen LogP contribution in [0.25, 0.3) is 0 Å². The summed E-state index contributed by atoms with van der Waals surface area (Å²) in [6.07, 6.45) is 5.42. The molecule has 0 aromatic carbocycles. The summed E-state index contributed by atoms with van der Waals surface area (Å²) in [5.41, 5.74) is 0. The molecule has 0 saturated carbocycles. The predicted octanol–water partition coefficient (Wildman–Crippen LogP) is 2.74. The molecule has 0 aliphatic carbocycles. The van der Waals surface area contributed by atoms with Gasteiger partial charge >= 0.3 is 0 Å². The maximum absolute atomic E-state index is 10.6. The second-order valence-electron chi connectivity index (χ2n) is 5.99. The number of aryl methyl sites for hydroxylation is 2. The van der Waals surface area contributed by atoms with Crippen LogP contribution in [0.5, 0.6) is 0 Å². The van der Waals surface area contributed by atoms with Crippen LogP contribution >= 0.6 is 11.3 Å². The highest BCUT2D eigenvalue weighted by Gasteiger charge is 2.29. The van der Waals surface area contributed by atoms with Crippen molar-refractivity contribution in [3.63, 3.8) is 0 Å². The zero-order chi connectivity index (χ0) is 14.8. The van der Waals surface area contributed by atoms with E-state index < -0.39 is 6.10 Å². The quantitative estimate of drug-likeness (QED) is 0.944. The summed E-state index contributed by atoms with van der Waals surface area (Å²) in [6, 6.07) is 4.41. The van der Waals surface area contributed by atoms with Gasteiger partial charge in [0, 0.05) is 48.2 Å². The third-order valence-electron chi connectivity index (χ3n) is 4.29. The number of aromatic nitrogens is 2. The zero-order valence-corrected chi connectivity index (χ0v) is 13.5. The number of aliphatic hydroxyl groups excluding tert-OH is 1. The van der Waals surface area contributed by atoms with Gasteiger partial charge < -0.3 is 9.67 Å². The Kier molecular flexibility index (Phi) is 4.42. The van der Waals surface area contributed by atoms with Gasteiger partial charge in [-0.2, -0.15) is 0 Å². The molecule has 1 fully saturated rings. The highest BCUT2D eigenvalue weighted by Crippen LogP contribution is 2.30. The van der Waals surface area contributed by atoms with Gasteiger partial charge in [0.1, 0.15) is 11.9 Å². The van der Waals surface area contributed by atoms with Crippen LogP contribution in [0.2, 0.25) is 0 Å². The van der Waals surface area contributed by atoms with E-state index in [1.807, 2.05) is 29.1 Å². The summed E-state index contributed by atoms with van der Waals surface area (Å²) in [7, 11) is 1.95. The van der Waals surface area contributed by atoms with Gasteiger partial charge in [0.15, 0.2) is 0 Å². The van der Waals surface area contributed by atoms with Crippen LogP contribution in [-0.4, -0.2) is 32.6 Å². The van der Waals surface area contributed by atoms with E-state index in [0.29, 0.717) is 0 Å². The van der Waals surface area contributed by atoms with E-state index >= 15 is 0 Å². The molecule has 5 heteroatoms. The van der Waals surface area contributed by atoms with Gasteiger partial charge in [-0.1, -0.05) is 0 Å². The van der Waals surface area contributed by atoms with E-state index in [2.05, 4.69) is 28.9 Å². The number of hydrogen-bond donors (Lipinski definition) is 1. The van der Waals surface area contributed by atoms with Crippen molar-refractivity contribution in [2.24, 2.45) is 13.0 Å². The SMILES string of the molecule is Cc1ccc(CN2CCC[C@@H]([C@H](O)c3nccn3C)C2)s1. The second kappa shape index (κ2) is 6.30. The fourth-order valence-corrected chi connectivity index (χ4v) is 4.09. The first kappa shape index (κ1) is 14.8. The van der Waals surface area contributed by atoms with Crippen LogP contribution in [0.3, 0.4) is 0 Å². The maximum Gasteiger partial charge on any atom is 0.137 e. The predicted molar refractivity (Wildman–Crippen MR) is 85.2 cm³/mol. The Morgan fingerprint density at radius 2 is 2.33 bits per heavy atom. The van der Waals surface area contributed by atoms with Crippen molar-refractivity contribution in [1.82, 2.24) is 14.5 Å². The molecule has 2 aromatic heterocycles. The molecular formula is C16H23N3OS. The van der Waals surface area contributed by atoms with E-state index in [9.17, 15) is 5.11 Å². The third kappa shape index (κ3) is 3.36. The van der Waals surface area contributed by atoms with Crippen molar-refractivity contribution < 1.29 is 5.11 Å². The van der Waals surface area contributed by atoms with Crippen LogP contribution in [0, 0.1) is 12.8 Å². The monoisotopic (exact) mass is 305 g/mol. The summed E-state index contributed by atoms with van der Waals surface area (Å²) in [5.74, 6) is 1.06. The lowest BCUT2D eigenvalue weighted by atomic mass is 9.92. The fraction of sp³-hybridized carbons (Fsp3) is 0.562. The summed E-state index contributed by atoms with van der Waals surface area (Å²) in [4.78, 5) is 9.55. The summed E-state index contributed by atoms with van der Waals surface area (Å²) >= 11 is 1.87. The number of likely N-dealkylation sites (tertiary alicyclic amines) is 1. The third-order valence-corrected chi connectivity index (χ3v) is 5.27. The molecule has 1 saturated heterocycles. The van der Waals surface area contributed by atoms with E-state index in [-0.39, 0.29) is 5.92 Å². The number of imidazole rings is 1. The van der Waals surface area contributed by atoms with Gasteiger partial charge in [-0.05, 0) is 38.4 Å². The molecule has 2 aromatic rings. The Morgan fingerprint density at radius 1 is 1.48 bits per heavy atom. The van der Waals surface area contributed by atoms with Gasteiger partial charge in [0.2, 0.25) is 0 Å². The van der Waals surface area contributed by atoms with Crippen LogP contribution in [0.1, 0.15) is 34.5 Å². The molecule has 1 aliphatic rings. The van der Waals surface area contributed by atoms with Crippen LogP contribution < -0.4 is 0 Å². The first-order valence-corrected chi connectivity index (χ1v) is 8.38. The van der Waals surface area contributed by atoms with E-state index in [0.717, 1.165) is 38.3 Å². The van der Waals surface area contributed by atoms with Crippen molar-refractivity contribution in [3.05, 3.63) is 40.1 Å². The van der Waals surface area contributed by atoms with Crippen molar-refractivity contribution in [1.29, 1.82) is 0 Å². The molecule has 1 N–H and O–H groups in total. The highest BCUT2D eigenvalue weighted by molar-refractivity contribution is 7.11.